The third-order valence-electron chi connectivity index (χ3n) is 3.94. The molecular weight excluding hydrogens is 324 g/mol. The molecule has 5 nitrogen and oxygen atoms in total. The van der Waals surface area contributed by atoms with Crippen molar-refractivity contribution < 1.29 is 4.74 Å². The quantitative estimate of drug-likeness (QED) is 0.634. The van der Waals surface area contributed by atoms with Gasteiger partial charge in [0.2, 0.25) is 0 Å². The van der Waals surface area contributed by atoms with Crippen molar-refractivity contribution in [1.29, 1.82) is 0 Å². The van der Waals surface area contributed by atoms with E-state index in [4.69, 9.17) is 4.74 Å². The summed E-state index contributed by atoms with van der Waals surface area (Å²) >= 11 is 0. The zero-order valence-electron chi connectivity index (χ0n) is 15.6. The summed E-state index contributed by atoms with van der Waals surface area (Å²) < 4.78 is 5.67. The molecule has 1 aromatic heterocycles. The van der Waals surface area contributed by atoms with Crippen LogP contribution in [0.1, 0.15) is 23.9 Å². The highest BCUT2D eigenvalue weighted by atomic mass is 16.5. The fourth-order valence-electron chi connectivity index (χ4n) is 2.69. The number of ether oxygens (including phenoxy) is 1. The van der Waals surface area contributed by atoms with E-state index in [1.54, 1.807) is 0 Å². The first-order valence-electron chi connectivity index (χ1n) is 8.74. The predicted molar refractivity (Wildman–Crippen MR) is 107 cm³/mol. The molecule has 0 spiro atoms. The van der Waals surface area contributed by atoms with Crippen LogP contribution in [-0.2, 0) is 0 Å². The lowest BCUT2D eigenvalue weighted by Crippen LogP contribution is -2.03. The maximum atomic E-state index is 5.67. The molecular formula is C21H24N4O. The lowest BCUT2D eigenvalue weighted by Gasteiger charge is -2.14. The average molecular weight is 348 g/mol. The fraction of sp³-hybridized carbons (Fsp3) is 0.238. The van der Waals surface area contributed by atoms with E-state index in [0.717, 1.165) is 28.8 Å². The Hall–Kier alpha value is -3.08. The maximum Gasteiger partial charge on any atom is 0.142 e. The van der Waals surface area contributed by atoms with Crippen LogP contribution in [0.15, 0.2) is 48.5 Å². The Morgan fingerprint density at radius 2 is 1.54 bits per heavy atom. The van der Waals surface area contributed by atoms with Gasteiger partial charge in [-0.25, -0.2) is 9.97 Å². The van der Waals surface area contributed by atoms with E-state index >= 15 is 0 Å². The molecule has 3 rings (SSSR count). The van der Waals surface area contributed by atoms with Gasteiger partial charge in [-0.1, -0.05) is 24.3 Å². The Labute approximate surface area is 154 Å². The third kappa shape index (κ3) is 4.30. The largest absolute Gasteiger partial charge is 0.492 e. The van der Waals surface area contributed by atoms with E-state index in [2.05, 4.69) is 52.6 Å². The minimum absolute atomic E-state index is 0.612. The van der Waals surface area contributed by atoms with Gasteiger partial charge in [-0.3, -0.25) is 0 Å². The van der Waals surface area contributed by atoms with E-state index in [-0.39, 0.29) is 0 Å². The lowest BCUT2D eigenvalue weighted by molar-refractivity contribution is 0.342. The molecule has 0 amide bonds. The Balaban J connectivity index is 1.87. The van der Waals surface area contributed by atoms with Gasteiger partial charge in [0.15, 0.2) is 0 Å². The molecule has 0 bridgehead atoms. The van der Waals surface area contributed by atoms with Crippen LogP contribution in [0.5, 0.6) is 5.75 Å². The molecule has 26 heavy (non-hydrogen) atoms. The number of hydrogen-bond donors (Lipinski definition) is 2. The van der Waals surface area contributed by atoms with Gasteiger partial charge in [0.25, 0.3) is 0 Å². The van der Waals surface area contributed by atoms with Gasteiger partial charge in [0.1, 0.15) is 23.2 Å². The van der Waals surface area contributed by atoms with Gasteiger partial charge in [0.05, 0.1) is 12.3 Å². The molecule has 0 saturated heterocycles. The van der Waals surface area contributed by atoms with E-state index in [9.17, 15) is 0 Å². The number of hydrogen-bond acceptors (Lipinski definition) is 5. The van der Waals surface area contributed by atoms with Crippen molar-refractivity contribution in [2.24, 2.45) is 0 Å². The second-order valence-corrected chi connectivity index (χ2v) is 6.18. The third-order valence-corrected chi connectivity index (χ3v) is 3.94. The summed E-state index contributed by atoms with van der Waals surface area (Å²) in [7, 11) is 0. The van der Waals surface area contributed by atoms with Crippen LogP contribution in [0.3, 0.4) is 0 Å². The highest BCUT2D eigenvalue weighted by Gasteiger charge is 2.08. The predicted octanol–water partition coefficient (Wildman–Crippen LogP) is 5.29. The zero-order chi connectivity index (χ0) is 18.5. The molecule has 3 aromatic rings. The number of rotatable bonds is 6. The summed E-state index contributed by atoms with van der Waals surface area (Å²) in [5.41, 5.74) is 4.30. The average Bonchev–Trinajstić information content (AvgIpc) is 2.60. The number of benzene rings is 2. The van der Waals surface area contributed by atoms with Crippen molar-refractivity contribution in [2.45, 2.75) is 27.7 Å². The van der Waals surface area contributed by atoms with Crippen LogP contribution in [0.2, 0.25) is 0 Å². The van der Waals surface area contributed by atoms with Crippen molar-refractivity contribution in [3.05, 3.63) is 65.5 Å². The van der Waals surface area contributed by atoms with Gasteiger partial charge in [-0.15, -0.1) is 0 Å². The molecule has 2 aromatic carbocycles. The van der Waals surface area contributed by atoms with Gasteiger partial charge < -0.3 is 15.4 Å². The van der Waals surface area contributed by atoms with Crippen molar-refractivity contribution in [3.63, 3.8) is 0 Å². The van der Waals surface area contributed by atoms with Crippen LogP contribution in [0.4, 0.5) is 23.0 Å². The fourth-order valence-corrected chi connectivity index (χ4v) is 2.69. The first-order chi connectivity index (χ1) is 12.5. The van der Waals surface area contributed by atoms with Crippen molar-refractivity contribution in [2.75, 3.05) is 17.2 Å². The number of anilines is 4. The number of nitrogens with zero attached hydrogens (tertiary/aromatic N) is 2. The standard InChI is InChI=1S/C21H24N4O/c1-5-26-19-9-7-6-8-17(19)24-20-13-21(23-16(4)22-20)25-18-12-14(2)10-11-15(18)3/h6-13H,5H2,1-4H3,(H2,22,23,24,25). The van der Waals surface area contributed by atoms with Crippen LogP contribution in [0, 0.1) is 20.8 Å². The van der Waals surface area contributed by atoms with Gasteiger partial charge in [-0.2, -0.15) is 0 Å². The summed E-state index contributed by atoms with van der Waals surface area (Å²) in [5.74, 6) is 2.96. The van der Waals surface area contributed by atoms with Crippen molar-refractivity contribution in [1.82, 2.24) is 9.97 Å². The number of para-hydroxylation sites is 2. The lowest BCUT2D eigenvalue weighted by atomic mass is 10.1. The number of nitrogens with one attached hydrogen (secondary N) is 2. The van der Waals surface area contributed by atoms with Crippen LogP contribution in [-0.4, -0.2) is 16.6 Å². The SMILES string of the molecule is CCOc1ccccc1Nc1cc(Nc2cc(C)ccc2C)nc(C)n1. The summed E-state index contributed by atoms with van der Waals surface area (Å²) in [6, 6.07) is 16.0. The maximum absolute atomic E-state index is 5.67. The second kappa shape index (κ2) is 7.87. The van der Waals surface area contributed by atoms with E-state index in [1.165, 1.54) is 11.1 Å². The van der Waals surface area contributed by atoms with Crippen LogP contribution >= 0.6 is 0 Å². The smallest absolute Gasteiger partial charge is 0.142 e. The van der Waals surface area contributed by atoms with Crippen LogP contribution in [0.25, 0.3) is 0 Å². The molecule has 0 unspecified atom stereocenters. The Morgan fingerprint density at radius 1 is 0.846 bits per heavy atom. The normalized spacial score (nSPS) is 10.5. The number of aromatic nitrogens is 2. The molecule has 0 fully saturated rings. The molecule has 134 valence electrons. The summed E-state index contributed by atoms with van der Waals surface area (Å²) in [6.07, 6.45) is 0. The van der Waals surface area contributed by atoms with Crippen molar-refractivity contribution in [3.8, 4) is 5.75 Å². The molecule has 5 heteroatoms. The van der Waals surface area contributed by atoms with E-state index in [0.29, 0.717) is 12.4 Å². The highest BCUT2D eigenvalue weighted by Crippen LogP contribution is 2.28. The van der Waals surface area contributed by atoms with Crippen molar-refractivity contribution >= 4 is 23.0 Å². The molecule has 0 aliphatic rings. The molecule has 0 radical (unpaired) electrons. The molecule has 2 N–H and O–H groups in total. The minimum Gasteiger partial charge on any atom is -0.492 e. The molecule has 0 saturated carbocycles. The molecule has 0 aliphatic carbocycles. The summed E-state index contributed by atoms with van der Waals surface area (Å²) in [6.45, 7) is 8.62. The number of aryl methyl sites for hydroxylation is 3. The molecule has 0 atom stereocenters. The summed E-state index contributed by atoms with van der Waals surface area (Å²) in [5, 5.41) is 6.73. The van der Waals surface area contributed by atoms with E-state index in [1.807, 2.05) is 44.2 Å². The minimum atomic E-state index is 0.612. The van der Waals surface area contributed by atoms with Gasteiger partial charge in [-0.05, 0) is 57.0 Å². The topological polar surface area (TPSA) is 59.1 Å². The second-order valence-electron chi connectivity index (χ2n) is 6.18. The van der Waals surface area contributed by atoms with Gasteiger partial charge in [0, 0.05) is 11.8 Å². The first-order valence-corrected chi connectivity index (χ1v) is 8.74. The monoisotopic (exact) mass is 348 g/mol. The molecule has 0 aliphatic heterocycles. The Kier molecular flexibility index (Phi) is 5.37. The zero-order valence-corrected chi connectivity index (χ0v) is 15.6. The first kappa shape index (κ1) is 17.7. The highest BCUT2D eigenvalue weighted by molar-refractivity contribution is 5.68. The summed E-state index contributed by atoms with van der Waals surface area (Å²) in [4.78, 5) is 9.00. The Bertz CT molecular complexity index is 908. The van der Waals surface area contributed by atoms with Crippen LogP contribution < -0.4 is 15.4 Å². The van der Waals surface area contributed by atoms with E-state index < -0.39 is 0 Å². The molecule has 1 heterocycles. The Morgan fingerprint density at radius 3 is 2.27 bits per heavy atom. The van der Waals surface area contributed by atoms with Gasteiger partial charge >= 0.3 is 0 Å².